The van der Waals surface area contributed by atoms with Gasteiger partial charge in [-0.2, -0.15) is 0 Å². The average Bonchev–Trinajstić information content (AvgIpc) is 2.35. The maximum Gasteiger partial charge on any atom is 0.178 e. The Morgan fingerprint density at radius 3 is 2.63 bits per heavy atom. The van der Waals surface area contributed by atoms with Crippen molar-refractivity contribution in [3.05, 3.63) is 29.8 Å². The lowest BCUT2D eigenvalue weighted by atomic mass is 10.1. The summed E-state index contributed by atoms with van der Waals surface area (Å²) in [6, 6.07) is 7.61. The summed E-state index contributed by atoms with van der Waals surface area (Å²) in [4.78, 5) is 0.451. The zero-order chi connectivity index (χ0) is 14.3. The largest absolute Gasteiger partial charge is 0.315 e. The van der Waals surface area contributed by atoms with E-state index in [4.69, 9.17) is 0 Å². The Hall–Kier alpha value is -0.870. The topological polar surface area (TPSA) is 46.2 Å². The van der Waals surface area contributed by atoms with E-state index in [0.29, 0.717) is 10.9 Å². The summed E-state index contributed by atoms with van der Waals surface area (Å²) in [6.07, 6.45) is 2.70. The lowest BCUT2D eigenvalue weighted by Crippen LogP contribution is -2.25. The first kappa shape index (κ1) is 16.2. The van der Waals surface area contributed by atoms with Crippen LogP contribution in [0, 0.1) is 6.92 Å². The normalized spacial score (nSPS) is 13.4. The molecular formula is C15H25NO2S. The Morgan fingerprint density at radius 1 is 1.26 bits per heavy atom. The third kappa shape index (κ3) is 5.74. The van der Waals surface area contributed by atoms with E-state index in [1.54, 1.807) is 18.2 Å². The Morgan fingerprint density at radius 2 is 2.00 bits per heavy atom. The first-order valence-corrected chi connectivity index (χ1v) is 8.63. The zero-order valence-corrected chi connectivity index (χ0v) is 13.0. The molecule has 0 saturated heterocycles. The van der Waals surface area contributed by atoms with E-state index in [1.807, 2.05) is 13.0 Å². The number of unbranched alkanes of at least 4 members (excludes halogenated alkanes) is 1. The third-order valence-corrected chi connectivity index (χ3v) is 5.00. The van der Waals surface area contributed by atoms with Crippen molar-refractivity contribution in [1.82, 2.24) is 5.32 Å². The van der Waals surface area contributed by atoms with Gasteiger partial charge in [0.05, 0.1) is 10.6 Å². The minimum Gasteiger partial charge on any atom is -0.315 e. The fourth-order valence-corrected chi connectivity index (χ4v) is 3.59. The number of nitrogens with one attached hydrogen (secondary N) is 1. The Bertz CT molecular complexity index is 483. The fraction of sp³-hybridized carbons (Fsp3) is 0.600. The predicted molar refractivity (Wildman–Crippen MR) is 80.2 cm³/mol. The molecule has 0 aromatic heterocycles. The monoisotopic (exact) mass is 283 g/mol. The molecule has 1 rings (SSSR count). The van der Waals surface area contributed by atoms with Crippen LogP contribution in [-0.2, 0) is 9.84 Å². The van der Waals surface area contributed by atoms with Gasteiger partial charge in [-0.05, 0) is 50.9 Å². The molecule has 1 aromatic rings. The molecule has 3 nitrogen and oxygen atoms in total. The molecule has 0 amide bonds. The van der Waals surface area contributed by atoms with Crippen LogP contribution in [0.2, 0.25) is 0 Å². The zero-order valence-electron chi connectivity index (χ0n) is 12.1. The molecule has 19 heavy (non-hydrogen) atoms. The van der Waals surface area contributed by atoms with Crippen LogP contribution < -0.4 is 5.32 Å². The molecule has 1 aromatic carbocycles. The highest BCUT2D eigenvalue weighted by molar-refractivity contribution is 7.91. The smallest absolute Gasteiger partial charge is 0.178 e. The van der Waals surface area contributed by atoms with Crippen molar-refractivity contribution < 1.29 is 8.42 Å². The van der Waals surface area contributed by atoms with Gasteiger partial charge in [0.25, 0.3) is 0 Å². The van der Waals surface area contributed by atoms with Crippen molar-refractivity contribution in [2.75, 3.05) is 12.3 Å². The van der Waals surface area contributed by atoms with Crippen LogP contribution in [0.5, 0.6) is 0 Å². The molecule has 0 aliphatic carbocycles. The number of rotatable bonds is 8. The molecule has 1 atom stereocenters. The van der Waals surface area contributed by atoms with Crippen LogP contribution >= 0.6 is 0 Å². The van der Waals surface area contributed by atoms with Gasteiger partial charge >= 0.3 is 0 Å². The van der Waals surface area contributed by atoms with E-state index >= 15 is 0 Å². The van der Waals surface area contributed by atoms with Gasteiger partial charge in [-0.3, -0.25) is 0 Å². The van der Waals surface area contributed by atoms with Gasteiger partial charge in [0.1, 0.15) is 0 Å². The fourth-order valence-electron chi connectivity index (χ4n) is 2.12. The van der Waals surface area contributed by atoms with Crippen molar-refractivity contribution in [2.45, 2.75) is 51.0 Å². The summed E-state index contributed by atoms with van der Waals surface area (Å²) >= 11 is 0. The summed E-state index contributed by atoms with van der Waals surface area (Å²) in [6.45, 7) is 7.09. The molecular weight excluding hydrogens is 258 g/mol. The molecule has 0 aliphatic heterocycles. The molecule has 0 radical (unpaired) electrons. The van der Waals surface area contributed by atoms with E-state index in [9.17, 15) is 8.42 Å². The molecule has 1 N–H and O–H groups in total. The van der Waals surface area contributed by atoms with Gasteiger partial charge in [-0.1, -0.05) is 25.5 Å². The third-order valence-electron chi connectivity index (χ3n) is 3.20. The van der Waals surface area contributed by atoms with Crippen molar-refractivity contribution in [1.29, 1.82) is 0 Å². The van der Waals surface area contributed by atoms with Gasteiger partial charge in [0, 0.05) is 6.04 Å². The molecule has 0 aliphatic rings. The first-order chi connectivity index (χ1) is 8.95. The van der Waals surface area contributed by atoms with Crippen LogP contribution in [-0.4, -0.2) is 26.8 Å². The second kappa shape index (κ2) is 7.65. The minimum atomic E-state index is -3.11. The standard InChI is InChI=1S/C15H25NO2S/c1-4-16-14(3)9-5-6-11-19(17,18)15-10-7-8-13(2)12-15/h7-8,10,12,14,16H,4-6,9,11H2,1-3H3. The summed E-state index contributed by atoms with van der Waals surface area (Å²) in [7, 11) is -3.11. The molecule has 1 unspecified atom stereocenters. The summed E-state index contributed by atoms with van der Waals surface area (Å²) < 4.78 is 24.3. The summed E-state index contributed by atoms with van der Waals surface area (Å²) in [5.74, 6) is 0.245. The van der Waals surface area contributed by atoms with Crippen molar-refractivity contribution in [3.8, 4) is 0 Å². The number of hydrogen-bond donors (Lipinski definition) is 1. The Labute approximate surface area is 117 Å². The minimum absolute atomic E-state index is 0.245. The van der Waals surface area contributed by atoms with Crippen molar-refractivity contribution in [3.63, 3.8) is 0 Å². The van der Waals surface area contributed by atoms with E-state index in [1.165, 1.54) is 0 Å². The quantitative estimate of drug-likeness (QED) is 0.746. The Kier molecular flexibility index (Phi) is 6.52. The maximum absolute atomic E-state index is 12.1. The van der Waals surface area contributed by atoms with Crippen LogP contribution in [0.1, 0.15) is 38.7 Å². The SMILES string of the molecule is CCNC(C)CCCCS(=O)(=O)c1cccc(C)c1. The molecule has 108 valence electrons. The maximum atomic E-state index is 12.1. The second-order valence-corrected chi connectivity index (χ2v) is 7.20. The van der Waals surface area contributed by atoms with E-state index in [2.05, 4.69) is 19.2 Å². The van der Waals surface area contributed by atoms with Crippen molar-refractivity contribution in [2.24, 2.45) is 0 Å². The van der Waals surface area contributed by atoms with Gasteiger partial charge in [0.15, 0.2) is 9.84 Å². The predicted octanol–water partition coefficient (Wildman–Crippen LogP) is 2.94. The van der Waals surface area contributed by atoms with Crippen LogP contribution in [0.25, 0.3) is 0 Å². The second-order valence-electron chi connectivity index (χ2n) is 5.09. The lowest BCUT2D eigenvalue weighted by molar-refractivity contribution is 0.507. The van der Waals surface area contributed by atoms with Crippen LogP contribution in [0.15, 0.2) is 29.2 Å². The number of benzene rings is 1. The van der Waals surface area contributed by atoms with Crippen molar-refractivity contribution >= 4 is 9.84 Å². The Balaban J connectivity index is 2.44. The number of sulfone groups is 1. The first-order valence-electron chi connectivity index (χ1n) is 6.98. The molecule has 0 fully saturated rings. The number of hydrogen-bond acceptors (Lipinski definition) is 3. The van der Waals surface area contributed by atoms with Gasteiger partial charge in [-0.25, -0.2) is 8.42 Å². The number of aryl methyl sites for hydroxylation is 1. The summed E-state index contributed by atoms with van der Waals surface area (Å²) in [5.41, 5.74) is 0.988. The van der Waals surface area contributed by atoms with E-state index in [-0.39, 0.29) is 5.75 Å². The highest BCUT2D eigenvalue weighted by atomic mass is 32.2. The summed E-state index contributed by atoms with van der Waals surface area (Å²) in [5, 5.41) is 3.33. The average molecular weight is 283 g/mol. The van der Waals surface area contributed by atoms with Gasteiger partial charge < -0.3 is 5.32 Å². The molecule has 0 heterocycles. The molecule has 0 spiro atoms. The van der Waals surface area contributed by atoms with Gasteiger partial charge in [0.2, 0.25) is 0 Å². The highest BCUT2D eigenvalue weighted by Crippen LogP contribution is 2.15. The molecule has 4 heteroatoms. The highest BCUT2D eigenvalue weighted by Gasteiger charge is 2.14. The van der Waals surface area contributed by atoms with Crippen LogP contribution in [0.3, 0.4) is 0 Å². The van der Waals surface area contributed by atoms with E-state index < -0.39 is 9.84 Å². The van der Waals surface area contributed by atoms with E-state index in [0.717, 1.165) is 31.4 Å². The molecule has 0 bridgehead atoms. The van der Waals surface area contributed by atoms with Crippen LogP contribution in [0.4, 0.5) is 0 Å². The molecule has 0 saturated carbocycles. The van der Waals surface area contributed by atoms with Gasteiger partial charge in [-0.15, -0.1) is 0 Å². The lowest BCUT2D eigenvalue weighted by Gasteiger charge is -2.11.